The van der Waals surface area contributed by atoms with Crippen molar-refractivity contribution in [3.63, 3.8) is 0 Å². The molecule has 2 heterocycles. The Morgan fingerprint density at radius 2 is 0.857 bits per heavy atom. The van der Waals surface area contributed by atoms with Crippen LogP contribution in [0.1, 0.15) is 0 Å². The third kappa shape index (κ3) is 4.51. The Labute approximate surface area is 283 Å². The van der Waals surface area contributed by atoms with Gasteiger partial charge >= 0.3 is 0 Å². The van der Waals surface area contributed by atoms with Crippen LogP contribution in [0.5, 0.6) is 0 Å². The monoisotopic (exact) mass is 623 g/mol. The topological polar surface area (TPSA) is 30.7 Å². The van der Waals surface area contributed by atoms with Gasteiger partial charge < -0.3 is 4.57 Å². The molecule has 10 aromatic rings. The average Bonchev–Trinajstić information content (AvgIpc) is 3.53. The van der Waals surface area contributed by atoms with Gasteiger partial charge in [0, 0.05) is 33.2 Å². The van der Waals surface area contributed by atoms with E-state index in [1.807, 2.05) is 18.2 Å². The van der Waals surface area contributed by atoms with E-state index < -0.39 is 0 Å². The highest BCUT2D eigenvalue weighted by Gasteiger charge is 2.18. The normalized spacial score (nSPS) is 11.7. The molecule has 0 N–H and O–H groups in total. The predicted octanol–water partition coefficient (Wildman–Crippen LogP) is 12.0. The number of fused-ring (bicyclic) bond motifs is 8. The van der Waals surface area contributed by atoms with Crippen LogP contribution in [0.3, 0.4) is 0 Å². The van der Waals surface area contributed by atoms with E-state index in [0.29, 0.717) is 5.82 Å². The first kappa shape index (κ1) is 27.5. The van der Waals surface area contributed by atoms with E-state index in [2.05, 4.69) is 162 Å². The lowest BCUT2D eigenvalue weighted by Crippen LogP contribution is -1.97. The molecule has 3 nitrogen and oxygen atoms in total. The van der Waals surface area contributed by atoms with E-state index in [-0.39, 0.29) is 0 Å². The van der Waals surface area contributed by atoms with Gasteiger partial charge in [-0.25, -0.2) is 9.97 Å². The summed E-state index contributed by atoms with van der Waals surface area (Å²) in [6.07, 6.45) is 0. The van der Waals surface area contributed by atoms with E-state index in [4.69, 9.17) is 9.97 Å². The lowest BCUT2D eigenvalue weighted by atomic mass is 10.00. The largest absolute Gasteiger partial charge is 0.309 e. The van der Waals surface area contributed by atoms with Gasteiger partial charge in [0.25, 0.3) is 0 Å². The molecule has 0 fully saturated rings. The van der Waals surface area contributed by atoms with Gasteiger partial charge in [0.2, 0.25) is 0 Å². The summed E-state index contributed by atoms with van der Waals surface area (Å²) in [4.78, 5) is 10.2. The van der Waals surface area contributed by atoms with Gasteiger partial charge in [0.1, 0.15) is 0 Å². The molecule has 0 saturated heterocycles. The van der Waals surface area contributed by atoms with Gasteiger partial charge in [-0.1, -0.05) is 140 Å². The van der Waals surface area contributed by atoms with Crippen LogP contribution in [0.4, 0.5) is 0 Å². The molecule has 0 aliphatic rings. The van der Waals surface area contributed by atoms with Crippen molar-refractivity contribution in [3.8, 4) is 39.6 Å². The summed E-state index contributed by atoms with van der Waals surface area (Å²) >= 11 is 0. The maximum atomic E-state index is 5.10. The molecule has 8 aromatic carbocycles. The smallest absolute Gasteiger partial charge is 0.160 e. The molecule has 0 saturated carbocycles. The van der Waals surface area contributed by atoms with Crippen molar-refractivity contribution in [3.05, 3.63) is 176 Å². The zero-order chi connectivity index (χ0) is 32.3. The highest BCUT2D eigenvalue weighted by molar-refractivity contribution is 6.28. The summed E-state index contributed by atoms with van der Waals surface area (Å²) in [7, 11) is 0. The van der Waals surface area contributed by atoms with Crippen molar-refractivity contribution in [2.45, 2.75) is 0 Å². The van der Waals surface area contributed by atoms with E-state index in [1.54, 1.807) is 0 Å². The van der Waals surface area contributed by atoms with Crippen molar-refractivity contribution in [2.75, 3.05) is 0 Å². The number of rotatable bonds is 4. The molecular formula is C46H29N3. The number of hydrogen-bond acceptors (Lipinski definition) is 2. The van der Waals surface area contributed by atoms with Gasteiger partial charge in [0.05, 0.1) is 22.4 Å². The average molecular weight is 624 g/mol. The fourth-order valence-corrected chi connectivity index (χ4v) is 7.42. The molecule has 49 heavy (non-hydrogen) atoms. The zero-order valence-electron chi connectivity index (χ0n) is 26.6. The van der Waals surface area contributed by atoms with Crippen LogP contribution in [0.25, 0.3) is 93.7 Å². The molecule has 3 heteroatoms. The number of benzene rings is 8. The van der Waals surface area contributed by atoms with Crippen molar-refractivity contribution >= 4 is 54.1 Å². The second-order valence-electron chi connectivity index (χ2n) is 12.6. The Kier molecular flexibility index (Phi) is 6.18. The van der Waals surface area contributed by atoms with Crippen molar-refractivity contribution in [1.29, 1.82) is 0 Å². The van der Waals surface area contributed by atoms with Crippen LogP contribution in [0.2, 0.25) is 0 Å². The van der Waals surface area contributed by atoms with E-state index in [9.17, 15) is 0 Å². The molecule has 0 atom stereocenters. The first-order chi connectivity index (χ1) is 24.3. The second-order valence-corrected chi connectivity index (χ2v) is 12.6. The van der Waals surface area contributed by atoms with E-state index >= 15 is 0 Å². The molecule has 10 rings (SSSR count). The Morgan fingerprint density at radius 1 is 0.347 bits per heavy atom. The molecule has 2 aromatic heterocycles. The van der Waals surface area contributed by atoms with Crippen molar-refractivity contribution in [1.82, 2.24) is 14.5 Å². The van der Waals surface area contributed by atoms with Crippen LogP contribution in [-0.2, 0) is 0 Å². The molecule has 0 unspecified atom stereocenters. The van der Waals surface area contributed by atoms with E-state index in [0.717, 1.165) is 33.8 Å². The predicted molar refractivity (Wildman–Crippen MR) is 205 cm³/mol. The number of hydrogen-bond donors (Lipinski definition) is 0. The summed E-state index contributed by atoms with van der Waals surface area (Å²) in [6.45, 7) is 0. The molecule has 0 aliphatic carbocycles. The highest BCUT2D eigenvalue weighted by Crippen LogP contribution is 2.40. The lowest BCUT2D eigenvalue weighted by Gasteiger charge is -2.12. The SMILES string of the molecule is c1ccc(-c2nc(-c3ccc(-n4c5ccc6ccccc6c5c5c6ccccc6ccc54)cc3)cc(-c3ccc4ccccc4c3)n2)cc1. The van der Waals surface area contributed by atoms with Gasteiger partial charge in [-0.2, -0.15) is 0 Å². The Morgan fingerprint density at radius 3 is 1.51 bits per heavy atom. The summed E-state index contributed by atoms with van der Waals surface area (Å²) in [5.41, 5.74) is 8.41. The fraction of sp³-hybridized carbons (Fsp3) is 0. The van der Waals surface area contributed by atoms with Crippen LogP contribution in [-0.4, -0.2) is 14.5 Å². The van der Waals surface area contributed by atoms with E-state index in [1.165, 1.54) is 54.1 Å². The third-order valence-electron chi connectivity index (χ3n) is 9.77. The van der Waals surface area contributed by atoms with Gasteiger partial charge in [-0.05, 0) is 68.7 Å². The van der Waals surface area contributed by atoms with Crippen LogP contribution >= 0.6 is 0 Å². The maximum absolute atomic E-state index is 5.10. The maximum Gasteiger partial charge on any atom is 0.160 e. The zero-order valence-corrected chi connectivity index (χ0v) is 26.6. The molecule has 0 radical (unpaired) electrons. The highest BCUT2D eigenvalue weighted by atomic mass is 15.0. The molecule has 228 valence electrons. The molecule has 0 bridgehead atoms. The number of nitrogens with zero attached hydrogens (tertiary/aromatic N) is 3. The van der Waals surface area contributed by atoms with Crippen molar-refractivity contribution < 1.29 is 0 Å². The first-order valence-corrected chi connectivity index (χ1v) is 16.7. The van der Waals surface area contributed by atoms with Crippen LogP contribution < -0.4 is 0 Å². The lowest BCUT2D eigenvalue weighted by molar-refractivity contribution is 1.17. The summed E-state index contributed by atoms with van der Waals surface area (Å²) in [6, 6.07) is 62.6. The summed E-state index contributed by atoms with van der Waals surface area (Å²) < 4.78 is 2.41. The standard InChI is InChI=1S/C46H29N3/c1-2-13-34(14-3-1)46-47-40(29-41(48-46)36-19-18-30-10-4-5-15-35(30)28-36)33-20-24-37(25-21-33)49-42-26-22-31-11-6-8-16-38(31)44(42)45-39-17-9-7-12-32(39)23-27-43(45)49/h1-29H. The third-order valence-corrected chi connectivity index (χ3v) is 9.77. The molecule has 0 amide bonds. The minimum Gasteiger partial charge on any atom is -0.309 e. The van der Waals surface area contributed by atoms with Crippen LogP contribution in [0.15, 0.2) is 176 Å². The number of aromatic nitrogens is 3. The van der Waals surface area contributed by atoms with Crippen molar-refractivity contribution in [2.24, 2.45) is 0 Å². The Hall–Kier alpha value is -6.58. The van der Waals surface area contributed by atoms with Gasteiger partial charge in [-0.3, -0.25) is 0 Å². The summed E-state index contributed by atoms with van der Waals surface area (Å²) in [5, 5.41) is 10.0. The first-order valence-electron chi connectivity index (χ1n) is 16.7. The molecule has 0 spiro atoms. The quantitative estimate of drug-likeness (QED) is 0.195. The van der Waals surface area contributed by atoms with Gasteiger partial charge in [-0.15, -0.1) is 0 Å². The van der Waals surface area contributed by atoms with Crippen LogP contribution in [0, 0.1) is 0 Å². The summed E-state index contributed by atoms with van der Waals surface area (Å²) in [5.74, 6) is 0.714. The Balaban J connectivity index is 1.16. The fourth-order valence-electron chi connectivity index (χ4n) is 7.42. The molecule has 0 aliphatic heterocycles. The second kappa shape index (κ2) is 11.0. The molecular weight excluding hydrogens is 595 g/mol. The minimum absolute atomic E-state index is 0.714. The minimum atomic E-state index is 0.714. The Bertz CT molecular complexity index is 2770. The van der Waals surface area contributed by atoms with Gasteiger partial charge in [0.15, 0.2) is 5.82 Å².